The summed E-state index contributed by atoms with van der Waals surface area (Å²) in [6.07, 6.45) is 53.4. The minimum atomic E-state index is -0.491. The molecule has 0 radical (unpaired) electrons. The number of benzene rings is 4. The Morgan fingerprint density at radius 3 is 0.756 bits per heavy atom. The summed E-state index contributed by atoms with van der Waals surface area (Å²) in [6.45, 7) is 5.55. The monoisotopic (exact) mass is 1080 g/mol. The van der Waals surface area contributed by atoms with Gasteiger partial charge in [0.25, 0.3) is 11.8 Å². The van der Waals surface area contributed by atoms with Crippen molar-refractivity contribution in [3.63, 3.8) is 0 Å². The summed E-state index contributed by atoms with van der Waals surface area (Å²) >= 11 is 0. The van der Waals surface area contributed by atoms with Crippen LogP contribution in [0, 0.1) is 11.6 Å². The number of carbonyl (C=O) groups is 2. The highest BCUT2D eigenvalue weighted by atomic mass is 19.1. The normalized spacial score (nSPS) is 11.3. The molecule has 4 aromatic rings. The Hall–Kier alpha value is -4.72. The Bertz CT molecular complexity index is 1970. The molecule has 6 nitrogen and oxygen atoms in total. The van der Waals surface area contributed by atoms with Gasteiger partial charge in [-0.25, -0.2) is 8.78 Å². The van der Waals surface area contributed by atoms with Crippen molar-refractivity contribution in [2.75, 3.05) is 13.2 Å². The molecule has 2 N–H and O–H groups in total. The average molecular weight is 1080 g/mol. The molecule has 0 bridgehead atoms. The van der Waals surface area contributed by atoms with E-state index in [-0.39, 0.29) is 11.5 Å². The van der Waals surface area contributed by atoms with E-state index < -0.39 is 23.4 Å². The van der Waals surface area contributed by atoms with Gasteiger partial charge in [0.05, 0.1) is 13.2 Å². The number of nitrogens with one attached hydrogen (secondary N) is 2. The lowest BCUT2D eigenvalue weighted by Gasteiger charge is -2.11. The second-order valence-corrected chi connectivity index (χ2v) is 22.5. The Morgan fingerprint density at radius 2 is 0.526 bits per heavy atom. The van der Waals surface area contributed by atoms with Gasteiger partial charge in [-0.05, 0) is 83.6 Å². The quantitative estimate of drug-likeness (QED) is 0.0341. The lowest BCUT2D eigenvalue weighted by atomic mass is 10.0. The second-order valence-electron chi connectivity index (χ2n) is 22.5. The molecule has 0 unspecified atom stereocenters. The van der Waals surface area contributed by atoms with E-state index >= 15 is 8.78 Å². The molecular weight excluding hydrogens is 971 g/mol. The molecule has 434 valence electrons. The van der Waals surface area contributed by atoms with Crippen LogP contribution in [-0.4, -0.2) is 25.0 Å². The molecule has 0 aliphatic heterocycles. The lowest BCUT2D eigenvalue weighted by Crippen LogP contribution is -2.41. The molecule has 0 atom stereocenters. The molecule has 0 heterocycles. The summed E-state index contributed by atoms with van der Waals surface area (Å²) in [6, 6.07) is 23.4. The van der Waals surface area contributed by atoms with Crippen molar-refractivity contribution < 1.29 is 27.8 Å². The maximum atomic E-state index is 15.1. The molecule has 0 saturated carbocycles. The molecule has 4 rings (SSSR count). The van der Waals surface area contributed by atoms with Gasteiger partial charge in [-0.2, -0.15) is 0 Å². The van der Waals surface area contributed by atoms with Crippen molar-refractivity contribution in [2.24, 2.45) is 0 Å². The van der Waals surface area contributed by atoms with Crippen LogP contribution in [-0.2, 0) is 0 Å². The van der Waals surface area contributed by atoms with Crippen molar-refractivity contribution in [3.8, 4) is 33.8 Å². The third kappa shape index (κ3) is 30.0. The standard InChI is InChI=1S/C70H106F2N2O4/c1-3-5-7-9-11-13-15-17-19-21-23-25-27-29-31-33-35-37-39-41-55-77-67-53-51-63(57-65(67)71)59-43-47-61(48-44-59)69(75)73-74-70(76)62-49-45-60(46-50-62)64-52-54-68(66(72)58-64)78-56-42-40-38-36-34-32-30-28-26-24-22-20-18-16-14-12-10-8-6-4-2/h43-54,57-58H,3-42,55-56H2,1-2H3,(H,73,75)(H,74,76). The molecule has 0 aromatic heterocycles. The molecule has 8 heteroatoms. The van der Waals surface area contributed by atoms with Gasteiger partial charge in [0.2, 0.25) is 0 Å². The summed E-state index contributed by atoms with van der Waals surface area (Å²) in [7, 11) is 0. The fourth-order valence-corrected chi connectivity index (χ4v) is 10.6. The number of hydrogen-bond acceptors (Lipinski definition) is 4. The third-order valence-electron chi connectivity index (χ3n) is 15.6. The van der Waals surface area contributed by atoms with Crippen LogP contribution in [0.25, 0.3) is 22.3 Å². The van der Waals surface area contributed by atoms with Crippen LogP contribution in [0.1, 0.15) is 291 Å². The zero-order chi connectivity index (χ0) is 55.4. The van der Waals surface area contributed by atoms with Gasteiger partial charge >= 0.3 is 0 Å². The molecule has 4 aromatic carbocycles. The van der Waals surface area contributed by atoms with Crippen molar-refractivity contribution in [1.29, 1.82) is 0 Å². The Kier molecular flexibility index (Phi) is 37.2. The van der Waals surface area contributed by atoms with E-state index in [9.17, 15) is 9.59 Å². The van der Waals surface area contributed by atoms with Crippen LogP contribution in [0.2, 0.25) is 0 Å². The van der Waals surface area contributed by atoms with Gasteiger partial charge in [-0.15, -0.1) is 0 Å². The van der Waals surface area contributed by atoms with E-state index in [0.29, 0.717) is 35.5 Å². The zero-order valence-corrected chi connectivity index (χ0v) is 49.2. The molecule has 0 spiro atoms. The van der Waals surface area contributed by atoms with Crippen LogP contribution in [0.15, 0.2) is 84.9 Å². The molecule has 0 aliphatic rings. The van der Waals surface area contributed by atoms with Crippen LogP contribution >= 0.6 is 0 Å². The number of rotatable bonds is 48. The van der Waals surface area contributed by atoms with E-state index in [1.165, 1.54) is 243 Å². The third-order valence-corrected chi connectivity index (χ3v) is 15.6. The molecule has 0 aliphatic carbocycles. The maximum absolute atomic E-state index is 15.1. The summed E-state index contributed by atoms with van der Waals surface area (Å²) < 4.78 is 41.7. The SMILES string of the molecule is CCCCCCCCCCCCCCCCCCCCCCOc1ccc(-c2ccc(C(=O)NNC(=O)c3ccc(-c4ccc(OCCCCCCCCCCCCCCCCCCCCCC)c(F)c4)cc3)cc2)cc1F. The van der Waals surface area contributed by atoms with Crippen LogP contribution < -0.4 is 20.3 Å². The minimum absolute atomic E-state index is 0.247. The Balaban J connectivity index is 0.990. The average Bonchev–Trinajstić information content (AvgIpc) is 3.46. The highest BCUT2D eigenvalue weighted by molar-refractivity contribution is 5.99. The van der Waals surface area contributed by atoms with Crippen molar-refractivity contribution >= 4 is 11.8 Å². The highest BCUT2D eigenvalue weighted by Crippen LogP contribution is 2.29. The number of hydrogen-bond donors (Lipinski definition) is 2. The largest absolute Gasteiger partial charge is 0.491 e. The van der Waals surface area contributed by atoms with Gasteiger partial charge < -0.3 is 9.47 Å². The van der Waals surface area contributed by atoms with E-state index in [4.69, 9.17) is 9.47 Å². The molecular formula is C70H106F2N2O4. The molecule has 78 heavy (non-hydrogen) atoms. The minimum Gasteiger partial charge on any atom is -0.491 e. The topological polar surface area (TPSA) is 76.7 Å². The number of ether oxygens (including phenoxy) is 2. The van der Waals surface area contributed by atoms with Gasteiger partial charge in [0, 0.05) is 11.1 Å². The summed E-state index contributed by atoms with van der Waals surface area (Å²) in [5.41, 5.74) is 8.45. The number of unbranched alkanes of at least 4 members (excludes halogenated alkanes) is 38. The molecule has 2 amide bonds. The first kappa shape index (κ1) is 65.8. The van der Waals surface area contributed by atoms with Gasteiger partial charge in [0.15, 0.2) is 23.1 Å². The Morgan fingerprint density at radius 1 is 0.308 bits per heavy atom. The maximum Gasteiger partial charge on any atom is 0.269 e. The van der Waals surface area contributed by atoms with Crippen LogP contribution in [0.4, 0.5) is 8.78 Å². The van der Waals surface area contributed by atoms with E-state index in [0.717, 1.165) is 36.8 Å². The van der Waals surface area contributed by atoms with Crippen LogP contribution in [0.5, 0.6) is 11.5 Å². The van der Waals surface area contributed by atoms with Crippen molar-refractivity contribution in [3.05, 3.63) is 108 Å². The summed E-state index contributed by atoms with van der Waals surface area (Å²) in [4.78, 5) is 25.9. The van der Waals surface area contributed by atoms with Gasteiger partial charge in [-0.3, -0.25) is 20.4 Å². The van der Waals surface area contributed by atoms with E-state index in [2.05, 4.69) is 24.7 Å². The van der Waals surface area contributed by atoms with E-state index in [1.54, 1.807) is 60.7 Å². The first-order chi connectivity index (χ1) is 38.4. The fourth-order valence-electron chi connectivity index (χ4n) is 10.6. The number of hydrazine groups is 1. The summed E-state index contributed by atoms with van der Waals surface area (Å²) in [5.74, 6) is -1.32. The Labute approximate surface area is 473 Å². The predicted octanol–water partition coefficient (Wildman–Crippen LogP) is 21.8. The van der Waals surface area contributed by atoms with Crippen molar-refractivity contribution in [2.45, 2.75) is 271 Å². The zero-order valence-electron chi connectivity index (χ0n) is 49.2. The van der Waals surface area contributed by atoms with Gasteiger partial charge in [-0.1, -0.05) is 294 Å². The van der Waals surface area contributed by atoms with Crippen molar-refractivity contribution in [1.82, 2.24) is 10.9 Å². The second kappa shape index (κ2) is 44.1. The number of amides is 2. The summed E-state index contributed by atoms with van der Waals surface area (Å²) in [5, 5.41) is 0. The molecule has 0 fully saturated rings. The number of carbonyl (C=O) groups excluding carboxylic acids is 2. The first-order valence-corrected chi connectivity index (χ1v) is 32.1. The van der Waals surface area contributed by atoms with Gasteiger partial charge in [0.1, 0.15) is 0 Å². The molecule has 0 saturated heterocycles. The number of halogens is 2. The smallest absolute Gasteiger partial charge is 0.269 e. The first-order valence-electron chi connectivity index (χ1n) is 32.1. The lowest BCUT2D eigenvalue weighted by molar-refractivity contribution is 0.0846. The highest BCUT2D eigenvalue weighted by Gasteiger charge is 2.13. The predicted molar refractivity (Wildman–Crippen MR) is 326 cm³/mol. The van der Waals surface area contributed by atoms with E-state index in [1.807, 2.05) is 12.1 Å². The fraction of sp³-hybridized carbons (Fsp3) is 0.629. The van der Waals surface area contributed by atoms with Crippen LogP contribution in [0.3, 0.4) is 0 Å².